The molecule has 0 fully saturated rings. The van der Waals surface area contributed by atoms with Crippen LogP contribution in [0.25, 0.3) is 5.57 Å². The molecule has 0 N–H and O–H groups in total. The number of aromatic nitrogens is 1. The third kappa shape index (κ3) is 2.63. The Morgan fingerprint density at radius 2 is 2.10 bits per heavy atom. The van der Waals surface area contributed by atoms with Crippen molar-refractivity contribution in [3.8, 4) is 0 Å². The number of hydrogen-bond acceptors (Lipinski definition) is 1. The van der Waals surface area contributed by atoms with Crippen molar-refractivity contribution in [1.29, 1.82) is 0 Å². The predicted molar refractivity (Wildman–Crippen MR) is 88.5 cm³/mol. The van der Waals surface area contributed by atoms with Gasteiger partial charge in [-0.2, -0.15) is 0 Å². The number of rotatable bonds is 2. The maximum absolute atomic E-state index is 13.7. The fourth-order valence-corrected chi connectivity index (χ4v) is 3.73. The molecule has 0 saturated heterocycles. The van der Waals surface area contributed by atoms with Crippen LogP contribution < -0.4 is 0 Å². The van der Waals surface area contributed by atoms with E-state index >= 15 is 0 Å². The first-order valence-electron chi connectivity index (χ1n) is 6.47. The third-order valence-corrected chi connectivity index (χ3v) is 4.89. The van der Waals surface area contributed by atoms with Gasteiger partial charge in [-0.15, -0.1) is 0 Å². The van der Waals surface area contributed by atoms with Gasteiger partial charge in [0, 0.05) is 33.6 Å². The molecule has 0 saturated carbocycles. The van der Waals surface area contributed by atoms with E-state index in [9.17, 15) is 4.39 Å². The van der Waals surface area contributed by atoms with Crippen LogP contribution in [-0.2, 0) is 6.42 Å². The van der Waals surface area contributed by atoms with Crippen molar-refractivity contribution in [2.24, 2.45) is 0 Å². The fourth-order valence-electron chi connectivity index (χ4n) is 2.70. The molecule has 5 heteroatoms. The zero-order valence-electron chi connectivity index (χ0n) is 11.1. The molecule has 1 unspecified atom stereocenters. The summed E-state index contributed by atoms with van der Waals surface area (Å²) in [6, 6.07) is 4.86. The highest BCUT2D eigenvalue weighted by Gasteiger charge is 2.25. The molecule has 1 nitrogen and oxygen atoms in total. The number of fused-ring (bicyclic) bond motifs is 1. The Morgan fingerprint density at radius 1 is 1.33 bits per heavy atom. The molecular formula is C16H11BrCl2FN. The summed E-state index contributed by atoms with van der Waals surface area (Å²) in [7, 11) is 0. The van der Waals surface area contributed by atoms with Gasteiger partial charge < -0.3 is 0 Å². The van der Waals surface area contributed by atoms with Crippen LogP contribution in [-0.4, -0.2) is 4.98 Å². The van der Waals surface area contributed by atoms with Crippen LogP contribution >= 0.6 is 39.1 Å². The van der Waals surface area contributed by atoms with Gasteiger partial charge in [0.05, 0.1) is 10.7 Å². The van der Waals surface area contributed by atoms with Crippen LogP contribution in [0.3, 0.4) is 0 Å². The monoisotopic (exact) mass is 385 g/mol. The molecule has 1 aliphatic rings. The van der Waals surface area contributed by atoms with Gasteiger partial charge in [-0.05, 0) is 45.3 Å². The molecule has 0 amide bonds. The minimum Gasteiger partial charge on any atom is -0.259 e. The van der Waals surface area contributed by atoms with Crippen LogP contribution in [0, 0.1) is 5.82 Å². The lowest BCUT2D eigenvalue weighted by Crippen LogP contribution is -2.01. The second-order valence-corrected chi connectivity index (χ2v) is 6.69. The molecule has 21 heavy (non-hydrogen) atoms. The minimum absolute atomic E-state index is 0.0901. The Hall–Kier alpha value is -0.900. The largest absolute Gasteiger partial charge is 0.259 e. The van der Waals surface area contributed by atoms with Crippen LogP contribution in [0.1, 0.15) is 29.7 Å². The average Bonchev–Trinajstić information content (AvgIpc) is 2.86. The van der Waals surface area contributed by atoms with E-state index in [2.05, 4.69) is 27.0 Å². The van der Waals surface area contributed by atoms with Crippen LogP contribution in [0.4, 0.5) is 4.39 Å². The molecular weight excluding hydrogens is 376 g/mol. The maximum Gasteiger partial charge on any atom is 0.142 e. The lowest BCUT2D eigenvalue weighted by Gasteiger charge is -2.18. The van der Waals surface area contributed by atoms with Gasteiger partial charge in [-0.25, -0.2) is 4.39 Å². The first-order chi connectivity index (χ1) is 9.99. The van der Waals surface area contributed by atoms with E-state index < -0.39 is 5.82 Å². The van der Waals surface area contributed by atoms with Gasteiger partial charge in [-0.3, -0.25) is 4.98 Å². The lowest BCUT2D eigenvalue weighted by molar-refractivity contribution is 0.625. The standard InChI is InChI=1S/C16H11BrCl2FN/c1-8(15-12(18)3-4-13(20)16(15)19)10-2-5-14-11(10)6-9(17)7-21-14/h2-4,6-8H,5H2,1H3. The maximum atomic E-state index is 13.7. The van der Waals surface area contributed by atoms with E-state index in [0.29, 0.717) is 10.6 Å². The van der Waals surface area contributed by atoms with Crippen LogP contribution in [0.2, 0.25) is 10.0 Å². The molecule has 3 rings (SSSR count). The van der Waals surface area contributed by atoms with Crippen molar-refractivity contribution in [2.75, 3.05) is 0 Å². The van der Waals surface area contributed by atoms with Crippen LogP contribution in [0.5, 0.6) is 0 Å². The molecule has 1 aromatic heterocycles. The highest BCUT2D eigenvalue weighted by atomic mass is 79.9. The Morgan fingerprint density at radius 3 is 2.86 bits per heavy atom. The summed E-state index contributed by atoms with van der Waals surface area (Å²) in [6.45, 7) is 1.98. The minimum atomic E-state index is -0.450. The summed E-state index contributed by atoms with van der Waals surface area (Å²) in [4.78, 5) is 4.41. The van der Waals surface area contributed by atoms with Crippen molar-refractivity contribution in [3.63, 3.8) is 0 Å². The van der Waals surface area contributed by atoms with Gasteiger partial charge in [-0.1, -0.05) is 36.2 Å². The third-order valence-electron chi connectivity index (χ3n) is 3.74. The molecule has 0 bridgehead atoms. The van der Waals surface area contributed by atoms with E-state index in [1.165, 1.54) is 6.07 Å². The normalized spacial score (nSPS) is 14.8. The number of hydrogen-bond donors (Lipinski definition) is 0. The van der Waals surface area contributed by atoms with E-state index in [1.54, 1.807) is 12.3 Å². The highest BCUT2D eigenvalue weighted by molar-refractivity contribution is 9.10. The Bertz CT molecular complexity index is 758. The molecule has 1 aromatic carbocycles. The summed E-state index contributed by atoms with van der Waals surface area (Å²) in [6.07, 6.45) is 4.65. The van der Waals surface area contributed by atoms with Gasteiger partial charge in [0.1, 0.15) is 5.82 Å². The molecule has 0 aliphatic heterocycles. The summed E-state index contributed by atoms with van der Waals surface area (Å²) in [5.74, 6) is -0.549. The molecule has 2 aromatic rings. The summed E-state index contributed by atoms with van der Waals surface area (Å²) < 4.78 is 14.7. The SMILES string of the molecule is CC(C1=CCc2ncc(Br)cc21)c1c(Cl)ccc(F)c1Cl. The summed E-state index contributed by atoms with van der Waals surface area (Å²) in [5, 5.41) is 0.568. The smallest absolute Gasteiger partial charge is 0.142 e. The van der Waals surface area contributed by atoms with Crippen LogP contribution in [0.15, 0.2) is 34.9 Å². The second kappa shape index (κ2) is 5.71. The molecule has 1 aliphatic carbocycles. The number of nitrogens with zero attached hydrogens (tertiary/aromatic N) is 1. The number of allylic oxidation sites excluding steroid dienone is 2. The van der Waals surface area contributed by atoms with Crippen molar-refractivity contribution in [3.05, 3.63) is 67.6 Å². The van der Waals surface area contributed by atoms with Gasteiger partial charge in [0.15, 0.2) is 0 Å². The Balaban J connectivity index is 2.08. The van der Waals surface area contributed by atoms with Gasteiger partial charge in [0.25, 0.3) is 0 Å². The van der Waals surface area contributed by atoms with E-state index in [-0.39, 0.29) is 10.9 Å². The summed E-state index contributed by atoms with van der Waals surface area (Å²) in [5.41, 5.74) is 3.78. The summed E-state index contributed by atoms with van der Waals surface area (Å²) >= 11 is 15.8. The number of halogens is 4. The zero-order valence-corrected chi connectivity index (χ0v) is 14.2. The Kier molecular flexibility index (Phi) is 4.08. The van der Waals surface area contributed by atoms with E-state index in [0.717, 1.165) is 27.7 Å². The van der Waals surface area contributed by atoms with Crippen molar-refractivity contribution in [1.82, 2.24) is 4.98 Å². The molecule has 1 heterocycles. The topological polar surface area (TPSA) is 12.9 Å². The molecule has 0 spiro atoms. The highest BCUT2D eigenvalue weighted by Crippen LogP contribution is 2.43. The van der Waals surface area contributed by atoms with E-state index in [4.69, 9.17) is 23.2 Å². The zero-order chi connectivity index (χ0) is 15.1. The van der Waals surface area contributed by atoms with E-state index in [1.807, 2.05) is 13.0 Å². The first kappa shape index (κ1) is 15.0. The fraction of sp³-hybridized carbons (Fsp3) is 0.188. The second-order valence-electron chi connectivity index (χ2n) is 4.99. The average molecular weight is 387 g/mol. The van der Waals surface area contributed by atoms with Gasteiger partial charge in [0.2, 0.25) is 0 Å². The first-order valence-corrected chi connectivity index (χ1v) is 8.02. The van der Waals surface area contributed by atoms with Crippen molar-refractivity contribution < 1.29 is 4.39 Å². The molecule has 1 atom stereocenters. The molecule has 108 valence electrons. The Labute approximate surface area is 140 Å². The quantitative estimate of drug-likeness (QED) is 0.574. The number of pyridine rings is 1. The lowest BCUT2D eigenvalue weighted by atomic mass is 9.90. The number of benzene rings is 1. The van der Waals surface area contributed by atoms with Crippen molar-refractivity contribution >= 4 is 44.7 Å². The predicted octanol–water partition coefficient (Wildman–Crippen LogP) is 6.03. The van der Waals surface area contributed by atoms with Crippen molar-refractivity contribution in [2.45, 2.75) is 19.3 Å². The molecule has 0 radical (unpaired) electrons. The van der Waals surface area contributed by atoms with Gasteiger partial charge >= 0.3 is 0 Å².